The van der Waals surface area contributed by atoms with E-state index in [9.17, 15) is 0 Å². The molecule has 3 rings (SSSR count). The van der Waals surface area contributed by atoms with E-state index in [1.54, 1.807) is 11.1 Å². The highest BCUT2D eigenvalue weighted by atomic mass is 14.3. The van der Waals surface area contributed by atoms with Crippen molar-refractivity contribution in [2.45, 2.75) is 129 Å². The summed E-state index contributed by atoms with van der Waals surface area (Å²) in [4.78, 5) is 0. The smallest absolute Gasteiger partial charge is 0.0162 e. The summed E-state index contributed by atoms with van der Waals surface area (Å²) >= 11 is 0. The molecule has 1 aromatic rings. The molecular formula is C29H48. The maximum atomic E-state index is 2.47. The summed E-state index contributed by atoms with van der Waals surface area (Å²) in [6, 6.07) is 9.85. The van der Waals surface area contributed by atoms with E-state index in [1.807, 2.05) is 0 Å². The van der Waals surface area contributed by atoms with Gasteiger partial charge in [0.25, 0.3) is 0 Å². The zero-order valence-electron chi connectivity index (χ0n) is 19.6. The molecule has 0 nitrogen and oxygen atoms in total. The standard InChI is InChI=1S/C29H48/c1-3-5-7-9-25-10-12-26(13-11-25)14-15-27-18-22-29(23-19-27)28-20-16-24(17-21-28)8-6-4-2/h18-19,22-26,28H,3-17,20-21H2,1-2H3/t24-,25-,26-,28-. The highest BCUT2D eigenvalue weighted by Crippen LogP contribution is 2.38. The minimum Gasteiger partial charge on any atom is -0.0654 e. The van der Waals surface area contributed by atoms with Gasteiger partial charge in [0.1, 0.15) is 0 Å². The molecule has 1 aromatic carbocycles. The van der Waals surface area contributed by atoms with E-state index in [0.717, 1.165) is 23.7 Å². The Kier molecular flexibility index (Phi) is 10.1. The predicted molar refractivity (Wildman–Crippen MR) is 129 cm³/mol. The molecule has 0 atom stereocenters. The Morgan fingerprint density at radius 3 is 1.69 bits per heavy atom. The SMILES string of the molecule is CCCCC[C@H]1CC[C@H](CCc2ccc([C@H]3CC[C@H](CCCC)CC3)cc2)CC1. The van der Waals surface area contributed by atoms with Gasteiger partial charge in [-0.1, -0.05) is 109 Å². The number of hydrogen-bond acceptors (Lipinski definition) is 0. The number of rotatable bonds is 11. The highest BCUT2D eigenvalue weighted by Gasteiger charge is 2.22. The lowest BCUT2D eigenvalue weighted by Gasteiger charge is -2.29. The number of unbranched alkanes of at least 4 members (excludes halogenated alkanes) is 3. The Hall–Kier alpha value is -0.780. The van der Waals surface area contributed by atoms with Gasteiger partial charge in [-0.15, -0.1) is 0 Å². The molecular weight excluding hydrogens is 348 g/mol. The van der Waals surface area contributed by atoms with Crippen molar-refractivity contribution in [3.63, 3.8) is 0 Å². The molecule has 0 heterocycles. The van der Waals surface area contributed by atoms with Crippen LogP contribution in [0, 0.1) is 17.8 Å². The minimum atomic E-state index is 0.838. The summed E-state index contributed by atoms with van der Waals surface area (Å²) in [7, 11) is 0. The van der Waals surface area contributed by atoms with Crippen LogP contribution < -0.4 is 0 Å². The summed E-state index contributed by atoms with van der Waals surface area (Å²) in [6.07, 6.45) is 24.6. The molecule has 2 aliphatic carbocycles. The maximum Gasteiger partial charge on any atom is -0.0162 e. The average molecular weight is 397 g/mol. The first kappa shape index (κ1) is 22.9. The van der Waals surface area contributed by atoms with Gasteiger partial charge in [-0.3, -0.25) is 0 Å². The molecule has 0 saturated heterocycles. The van der Waals surface area contributed by atoms with Crippen LogP contribution in [-0.4, -0.2) is 0 Å². The van der Waals surface area contributed by atoms with E-state index in [-0.39, 0.29) is 0 Å². The van der Waals surface area contributed by atoms with Gasteiger partial charge in [-0.25, -0.2) is 0 Å². The normalized spacial score (nSPS) is 27.8. The molecule has 0 N–H and O–H groups in total. The third kappa shape index (κ3) is 7.76. The van der Waals surface area contributed by atoms with Crippen molar-refractivity contribution in [3.05, 3.63) is 35.4 Å². The second-order valence-electron chi connectivity index (χ2n) is 10.5. The number of benzene rings is 1. The van der Waals surface area contributed by atoms with Crippen molar-refractivity contribution >= 4 is 0 Å². The van der Waals surface area contributed by atoms with Crippen LogP contribution in [0.1, 0.15) is 134 Å². The first-order chi connectivity index (χ1) is 14.3. The topological polar surface area (TPSA) is 0 Å². The van der Waals surface area contributed by atoms with Gasteiger partial charge < -0.3 is 0 Å². The highest BCUT2D eigenvalue weighted by molar-refractivity contribution is 5.26. The summed E-state index contributed by atoms with van der Waals surface area (Å²) in [5.74, 6) is 3.90. The van der Waals surface area contributed by atoms with Gasteiger partial charge in [0.2, 0.25) is 0 Å². The van der Waals surface area contributed by atoms with Crippen molar-refractivity contribution in [1.29, 1.82) is 0 Å². The van der Waals surface area contributed by atoms with Crippen LogP contribution in [-0.2, 0) is 6.42 Å². The molecule has 0 unspecified atom stereocenters. The van der Waals surface area contributed by atoms with Gasteiger partial charge in [0, 0.05) is 0 Å². The second kappa shape index (κ2) is 12.8. The largest absolute Gasteiger partial charge is 0.0654 e. The summed E-state index contributed by atoms with van der Waals surface area (Å²) in [5.41, 5.74) is 3.20. The first-order valence-corrected chi connectivity index (χ1v) is 13.4. The van der Waals surface area contributed by atoms with Crippen LogP contribution in [0.15, 0.2) is 24.3 Å². The molecule has 0 amide bonds. The van der Waals surface area contributed by atoms with Crippen LogP contribution in [0.3, 0.4) is 0 Å². The molecule has 0 spiro atoms. The van der Waals surface area contributed by atoms with Gasteiger partial charge in [-0.2, -0.15) is 0 Å². The summed E-state index contributed by atoms with van der Waals surface area (Å²) in [6.45, 7) is 4.65. The molecule has 0 heteroatoms. The fourth-order valence-corrected chi connectivity index (χ4v) is 6.10. The fourth-order valence-electron chi connectivity index (χ4n) is 6.10. The van der Waals surface area contributed by atoms with Gasteiger partial charge in [0.15, 0.2) is 0 Å². The number of hydrogen-bond donors (Lipinski definition) is 0. The van der Waals surface area contributed by atoms with Crippen molar-refractivity contribution in [2.24, 2.45) is 17.8 Å². The Balaban J connectivity index is 1.34. The zero-order chi connectivity index (χ0) is 20.3. The Bertz CT molecular complexity index is 526. The molecule has 0 bridgehead atoms. The fraction of sp³-hybridized carbons (Fsp3) is 0.793. The molecule has 2 saturated carbocycles. The van der Waals surface area contributed by atoms with Crippen molar-refractivity contribution in [3.8, 4) is 0 Å². The Morgan fingerprint density at radius 1 is 0.586 bits per heavy atom. The van der Waals surface area contributed by atoms with Gasteiger partial charge in [-0.05, 0) is 73.3 Å². The van der Waals surface area contributed by atoms with Gasteiger partial charge >= 0.3 is 0 Å². The van der Waals surface area contributed by atoms with Crippen LogP contribution >= 0.6 is 0 Å². The van der Waals surface area contributed by atoms with Crippen LogP contribution in [0.25, 0.3) is 0 Å². The van der Waals surface area contributed by atoms with E-state index in [0.29, 0.717) is 0 Å². The lowest BCUT2D eigenvalue weighted by molar-refractivity contribution is 0.249. The lowest BCUT2D eigenvalue weighted by atomic mass is 9.76. The average Bonchev–Trinajstić information content (AvgIpc) is 2.78. The van der Waals surface area contributed by atoms with Crippen LogP contribution in [0.5, 0.6) is 0 Å². The van der Waals surface area contributed by atoms with E-state index in [4.69, 9.17) is 0 Å². The van der Waals surface area contributed by atoms with Gasteiger partial charge in [0.05, 0.1) is 0 Å². The number of aryl methyl sites for hydroxylation is 1. The van der Waals surface area contributed by atoms with Crippen molar-refractivity contribution in [1.82, 2.24) is 0 Å². The van der Waals surface area contributed by atoms with Crippen LogP contribution in [0.2, 0.25) is 0 Å². The maximum absolute atomic E-state index is 2.47. The van der Waals surface area contributed by atoms with E-state index >= 15 is 0 Å². The Morgan fingerprint density at radius 2 is 1.10 bits per heavy atom. The van der Waals surface area contributed by atoms with Crippen molar-refractivity contribution < 1.29 is 0 Å². The second-order valence-corrected chi connectivity index (χ2v) is 10.5. The molecule has 0 aromatic heterocycles. The minimum absolute atomic E-state index is 0.838. The zero-order valence-corrected chi connectivity index (χ0v) is 19.6. The summed E-state index contributed by atoms with van der Waals surface area (Å²) in [5, 5.41) is 0. The summed E-state index contributed by atoms with van der Waals surface area (Å²) < 4.78 is 0. The molecule has 2 fully saturated rings. The van der Waals surface area contributed by atoms with E-state index < -0.39 is 0 Å². The third-order valence-electron chi connectivity index (χ3n) is 8.29. The van der Waals surface area contributed by atoms with E-state index in [2.05, 4.69) is 38.1 Å². The molecule has 164 valence electrons. The third-order valence-corrected chi connectivity index (χ3v) is 8.29. The Labute approximate surface area is 182 Å². The first-order valence-electron chi connectivity index (χ1n) is 13.4. The monoisotopic (exact) mass is 396 g/mol. The molecule has 0 aliphatic heterocycles. The lowest BCUT2D eigenvalue weighted by Crippen LogP contribution is -2.15. The quantitative estimate of drug-likeness (QED) is 0.327. The molecule has 0 radical (unpaired) electrons. The van der Waals surface area contributed by atoms with E-state index in [1.165, 1.54) is 109 Å². The molecule has 29 heavy (non-hydrogen) atoms. The van der Waals surface area contributed by atoms with Crippen LogP contribution in [0.4, 0.5) is 0 Å². The molecule has 2 aliphatic rings. The predicted octanol–water partition coefficient (Wildman–Crippen LogP) is 9.47. The van der Waals surface area contributed by atoms with Crippen molar-refractivity contribution in [2.75, 3.05) is 0 Å².